The third-order valence-electron chi connectivity index (χ3n) is 1.85. The zero-order chi connectivity index (χ0) is 13.1. The van der Waals surface area contributed by atoms with Gasteiger partial charge in [-0.2, -0.15) is 13.2 Å². The van der Waals surface area contributed by atoms with E-state index in [0.717, 1.165) is 0 Å². The van der Waals surface area contributed by atoms with E-state index >= 15 is 0 Å². The number of hydrogen-bond donors (Lipinski definition) is 1. The van der Waals surface area contributed by atoms with Crippen LogP contribution in [0.2, 0.25) is 5.02 Å². The van der Waals surface area contributed by atoms with Crippen molar-refractivity contribution in [1.82, 2.24) is 0 Å². The minimum Gasteiger partial charge on any atom is -0.462 e. The number of nitrogens with two attached hydrogens (primary N) is 1. The number of nitrogen functional groups attached to an aromatic ring is 1. The summed E-state index contributed by atoms with van der Waals surface area (Å²) in [6.07, 6.45) is -5.56. The molecule has 0 saturated carbocycles. The van der Waals surface area contributed by atoms with Crippen LogP contribution in [0.5, 0.6) is 0 Å². The summed E-state index contributed by atoms with van der Waals surface area (Å²) in [6.45, 7) is -0.742. The molecule has 0 radical (unpaired) electrons. The highest BCUT2D eigenvalue weighted by atomic mass is 35.5. The molecule has 7 heteroatoms. The Bertz CT molecular complexity index is 421. The van der Waals surface area contributed by atoms with Gasteiger partial charge in [0.2, 0.25) is 0 Å². The molecule has 0 aromatic heterocycles. The highest BCUT2D eigenvalue weighted by molar-refractivity contribution is 6.31. The third-order valence-corrected chi connectivity index (χ3v) is 2.09. The van der Waals surface area contributed by atoms with E-state index in [-0.39, 0.29) is 16.3 Å². The average Bonchev–Trinajstić information content (AvgIpc) is 2.19. The molecule has 1 aromatic carbocycles. The van der Waals surface area contributed by atoms with Crippen LogP contribution < -0.4 is 5.73 Å². The van der Waals surface area contributed by atoms with Gasteiger partial charge in [-0.3, -0.25) is 0 Å². The van der Waals surface area contributed by atoms with Crippen molar-refractivity contribution >= 4 is 23.3 Å². The number of hydrogen-bond acceptors (Lipinski definition) is 3. The average molecular weight is 268 g/mol. The Morgan fingerprint density at radius 3 is 2.65 bits per heavy atom. The maximum atomic E-state index is 11.8. The van der Waals surface area contributed by atoms with E-state index in [0.29, 0.717) is 0 Å². The van der Waals surface area contributed by atoms with Crippen molar-refractivity contribution in [2.75, 3.05) is 12.3 Å². The van der Waals surface area contributed by atoms with Gasteiger partial charge in [0.1, 0.15) is 6.61 Å². The standard InChI is InChI=1S/C10H9ClF3NO2/c11-6-1-2-8(15)7(5-6)9(16)17-4-3-10(12,13)14/h1-2,5H,3-4,15H2. The summed E-state index contributed by atoms with van der Waals surface area (Å²) in [5.41, 5.74) is 5.53. The van der Waals surface area contributed by atoms with Crippen molar-refractivity contribution in [3.63, 3.8) is 0 Å². The summed E-state index contributed by atoms with van der Waals surface area (Å²) >= 11 is 5.62. The molecule has 0 amide bonds. The topological polar surface area (TPSA) is 52.3 Å². The van der Waals surface area contributed by atoms with Crippen molar-refractivity contribution in [1.29, 1.82) is 0 Å². The molecule has 17 heavy (non-hydrogen) atoms. The highest BCUT2D eigenvalue weighted by Gasteiger charge is 2.27. The number of carbonyl (C=O) groups is 1. The van der Waals surface area contributed by atoms with Gasteiger partial charge in [0.05, 0.1) is 12.0 Å². The van der Waals surface area contributed by atoms with Gasteiger partial charge in [-0.15, -0.1) is 0 Å². The van der Waals surface area contributed by atoms with Gasteiger partial charge in [0, 0.05) is 10.7 Å². The second-order valence-corrected chi connectivity index (χ2v) is 3.67. The predicted molar refractivity (Wildman–Crippen MR) is 56.8 cm³/mol. The number of rotatable bonds is 3. The summed E-state index contributed by atoms with van der Waals surface area (Å²) in [4.78, 5) is 11.4. The molecule has 1 rings (SSSR count). The molecule has 2 N–H and O–H groups in total. The Hall–Kier alpha value is -1.43. The van der Waals surface area contributed by atoms with Crippen molar-refractivity contribution in [3.8, 4) is 0 Å². The fourth-order valence-electron chi connectivity index (χ4n) is 1.04. The third kappa shape index (κ3) is 4.52. The Labute approximate surface area is 100 Å². The predicted octanol–water partition coefficient (Wildman–Crippen LogP) is 3.03. The second-order valence-electron chi connectivity index (χ2n) is 3.23. The van der Waals surface area contributed by atoms with Crippen molar-refractivity contribution in [2.24, 2.45) is 0 Å². The molecule has 0 fully saturated rings. The van der Waals surface area contributed by atoms with E-state index in [1.807, 2.05) is 0 Å². The fourth-order valence-corrected chi connectivity index (χ4v) is 1.21. The first-order chi connectivity index (χ1) is 7.79. The quantitative estimate of drug-likeness (QED) is 0.676. The first-order valence-electron chi connectivity index (χ1n) is 4.58. The lowest BCUT2D eigenvalue weighted by molar-refractivity contribution is -0.141. The van der Waals surface area contributed by atoms with E-state index in [1.165, 1.54) is 18.2 Å². The van der Waals surface area contributed by atoms with Gasteiger partial charge < -0.3 is 10.5 Å². The van der Waals surface area contributed by atoms with E-state index in [9.17, 15) is 18.0 Å². The lowest BCUT2D eigenvalue weighted by Crippen LogP contribution is -2.15. The number of halogens is 4. The number of ether oxygens (including phenoxy) is 1. The SMILES string of the molecule is Nc1ccc(Cl)cc1C(=O)OCCC(F)(F)F. The zero-order valence-electron chi connectivity index (χ0n) is 8.55. The molecule has 94 valence electrons. The zero-order valence-corrected chi connectivity index (χ0v) is 9.31. The van der Waals surface area contributed by atoms with Crippen molar-refractivity contribution in [3.05, 3.63) is 28.8 Å². The minimum absolute atomic E-state index is 0.0420. The van der Waals surface area contributed by atoms with Gasteiger partial charge in [0.15, 0.2) is 0 Å². The van der Waals surface area contributed by atoms with Gasteiger partial charge in [-0.25, -0.2) is 4.79 Å². The Kier molecular flexibility index (Phi) is 4.22. The molecule has 0 aliphatic rings. The molecule has 1 aromatic rings. The molecule has 0 heterocycles. The highest BCUT2D eigenvalue weighted by Crippen LogP contribution is 2.21. The molecule has 3 nitrogen and oxygen atoms in total. The van der Waals surface area contributed by atoms with Crippen LogP contribution >= 0.6 is 11.6 Å². The first kappa shape index (κ1) is 13.6. The largest absolute Gasteiger partial charge is 0.462 e. The number of benzene rings is 1. The lowest BCUT2D eigenvalue weighted by atomic mass is 10.2. The van der Waals surface area contributed by atoms with E-state index in [4.69, 9.17) is 17.3 Å². The molecule has 0 atom stereocenters. The van der Waals surface area contributed by atoms with Crippen LogP contribution in [0.25, 0.3) is 0 Å². The number of anilines is 1. The minimum atomic E-state index is -4.36. The molecule has 0 unspecified atom stereocenters. The maximum absolute atomic E-state index is 11.8. The smallest absolute Gasteiger partial charge is 0.392 e. The van der Waals surface area contributed by atoms with Crippen LogP contribution in [0, 0.1) is 0 Å². The molecule has 0 aliphatic carbocycles. The van der Waals surface area contributed by atoms with Gasteiger partial charge in [0.25, 0.3) is 0 Å². The summed E-state index contributed by atoms with van der Waals surface area (Å²) in [7, 11) is 0. The molecule has 0 spiro atoms. The van der Waals surface area contributed by atoms with E-state index < -0.39 is 25.2 Å². The van der Waals surface area contributed by atoms with Crippen LogP contribution in [0.15, 0.2) is 18.2 Å². The number of carbonyl (C=O) groups excluding carboxylic acids is 1. The number of esters is 1. The van der Waals surface area contributed by atoms with Gasteiger partial charge in [-0.05, 0) is 18.2 Å². The molecule has 0 aliphatic heterocycles. The maximum Gasteiger partial charge on any atom is 0.392 e. The van der Waals surface area contributed by atoms with Crippen LogP contribution in [-0.2, 0) is 4.74 Å². The first-order valence-corrected chi connectivity index (χ1v) is 4.96. The lowest BCUT2D eigenvalue weighted by Gasteiger charge is -2.09. The fraction of sp³-hybridized carbons (Fsp3) is 0.300. The van der Waals surface area contributed by atoms with Crippen LogP contribution in [0.3, 0.4) is 0 Å². The van der Waals surface area contributed by atoms with Crippen molar-refractivity contribution < 1.29 is 22.7 Å². The summed E-state index contributed by atoms with van der Waals surface area (Å²) < 4.78 is 39.9. The van der Waals surface area contributed by atoms with Crippen LogP contribution in [0.4, 0.5) is 18.9 Å². The Balaban J connectivity index is 2.61. The second kappa shape index (κ2) is 5.27. The number of alkyl halides is 3. The molecular weight excluding hydrogens is 259 g/mol. The van der Waals surface area contributed by atoms with Crippen molar-refractivity contribution in [2.45, 2.75) is 12.6 Å². The normalized spacial score (nSPS) is 11.3. The van der Waals surface area contributed by atoms with Gasteiger partial charge >= 0.3 is 12.1 Å². The molecule has 0 saturated heterocycles. The van der Waals surface area contributed by atoms with E-state index in [2.05, 4.69) is 4.74 Å². The van der Waals surface area contributed by atoms with E-state index in [1.54, 1.807) is 0 Å². The Morgan fingerprint density at radius 2 is 2.06 bits per heavy atom. The Morgan fingerprint density at radius 1 is 1.41 bits per heavy atom. The molecular formula is C10H9ClF3NO2. The summed E-state index contributed by atoms with van der Waals surface area (Å²) in [5.74, 6) is -0.922. The summed E-state index contributed by atoms with van der Waals surface area (Å²) in [5, 5.41) is 0.252. The van der Waals surface area contributed by atoms with Crippen LogP contribution in [0.1, 0.15) is 16.8 Å². The van der Waals surface area contributed by atoms with Crippen LogP contribution in [-0.4, -0.2) is 18.8 Å². The molecule has 0 bridgehead atoms. The monoisotopic (exact) mass is 267 g/mol. The summed E-state index contributed by atoms with van der Waals surface area (Å²) in [6, 6.07) is 4.08. The van der Waals surface area contributed by atoms with Gasteiger partial charge in [-0.1, -0.05) is 11.6 Å².